The Balaban J connectivity index is 2.09. The summed E-state index contributed by atoms with van der Waals surface area (Å²) < 4.78 is 5.68. The van der Waals surface area contributed by atoms with E-state index in [9.17, 15) is 0 Å². The first-order valence-corrected chi connectivity index (χ1v) is 5.90. The highest BCUT2D eigenvalue weighted by Gasteiger charge is 2.08. The third-order valence-corrected chi connectivity index (χ3v) is 2.89. The van der Waals surface area contributed by atoms with E-state index in [0.29, 0.717) is 28.0 Å². The average molecular weight is 273 g/mol. The fourth-order valence-corrected chi connectivity index (χ4v) is 1.93. The summed E-state index contributed by atoms with van der Waals surface area (Å²) in [6.07, 6.45) is 3.02. The molecule has 3 aromatic rings. The molecule has 0 aliphatic carbocycles. The lowest BCUT2D eigenvalue weighted by Gasteiger charge is -2.08. The second-order valence-electron chi connectivity index (χ2n) is 3.83. The standard InChI is InChI=1S/C13H9ClN4O/c14-9-3-4-10(13-8(9)2-1-5-16-13)19-12-6-11(15)17-7-18-12/h1-7H,(H2,15,17,18). The van der Waals surface area contributed by atoms with E-state index >= 15 is 0 Å². The van der Waals surface area contributed by atoms with Crippen LogP contribution in [0.1, 0.15) is 0 Å². The third kappa shape index (κ3) is 2.28. The summed E-state index contributed by atoms with van der Waals surface area (Å²) in [5.41, 5.74) is 6.25. The zero-order chi connectivity index (χ0) is 13.2. The van der Waals surface area contributed by atoms with Gasteiger partial charge in [0.2, 0.25) is 5.88 Å². The summed E-state index contributed by atoms with van der Waals surface area (Å²) in [5, 5.41) is 1.45. The van der Waals surface area contributed by atoms with Gasteiger partial charge in [0.15, 0.2) is 5.75 Å². The van der Waals surface area contributed by atoms with E-state index in [1.807, 2.05) is 12.1 Å². The topological polar surface area (TPSA) is 73.9 Å². The van der Waals surface area contributed by atoms with Crippen LogP contribution >= 0.6 is 11.6 Å². The number of nitrogens with two attached hydrogens (primary N) is 1. The van der Waals surface area contributed by atoms with Gasteiger partial charge < -0.3 is 10.5 Å². The van der Waals surface area contributed by atoms with Crippen molar-refractivity contribution < 1.29 is 4.74 Å². The Bertz CT molecular complexity index is 748. The number of hydrogen-bond acceptors (Lipinski definition) is 5. The highest BCUT2D eigenvalue weighted by Crippen LogP contribution is 2.32. The van der Waals surface area contributed by atoms with Crippen LogP contribution in [-0.4, -0.2) is 15.0 Å². The van der Waals surface area contributed by atoms with Gasteiger partial charge in [0.05, 0.1) is 5.02 Å². The van der Waals surface area contributed by atoms with Crippen LogP contribution in [0.15, 0.2) is 42.9 Å². The molecule has 6 heteroatoms. The molecule has 0 aliphatic heterocycles. The number of benzene rings is 1. The second-order valence-corrected chi connectivity index (χ2v) is 4.24. The van der Waals surface area contributed by atoms with Gasteiger partial charge in [-0.05, 0) is 24.3 Å². The van der Waals surface area contributed by atoms with Gasteiger partial charge in [0.25, 0.3) is 0 Å². The Hall–Kier alpha value is -2.40. The fraction of sp³-hybridized carbons (Fsp3) is 0. The third-order valence-electron chi connectivity index (χ3n) is 2.56. The van der Waals surface area contributed by atoms with Gasteiger partial charge in [-0.2, -0.15) is 0 Å². The Morgan fingerprint density at radius 3 is 2.84 bits per heavy atom. The minimum atomic E-state index is 0.344. The van der Waals surface area contributed by atoms with Gasteiger partial charge in [-0.15, -0.1) is 0 Å². The predicted molar refractivity (Wildman–Crippen MR) is 73.3 cm³/mol. The highest BCUT2D eigenvalue weighted by atomic mass is 35.5. The summed E-state index contributed by atoms with van der Waals surface area (Å²) >= 11 is 6.12. The van der Waals surface area contributed by atoms with Gasteiger partial charge in [0.1, 0.15) is 17.7 Å². The molecule has 2 N–H and O–H groups in total. The van der Waals surface area contributed by atoms with Crippen LogP contribution in [0.4, 0.5) is 5.82 Å². The summed E-state index contributed by atoms with van der Waals surface area (Å²) in [4.78, 5) is 12.1. The van der Waals surface area contributed by atoms with Crippen molar-refractivity contribution in [1.82, 2.24) is 15.0 Å². The maximum absolute atomic E-state index is 6.12. The van der Waals surface area contributed by atoms with Crippen LogP contribution in [0.5, 0.6) is 11.6 Å². The van der Waals surface area contributed by atoms with Crippen molar-refractivity contribution in [2.24, 2.45) is 0 Å². The maximum atomic E-state index is 6.12. The first kappa shape index (κ1) is 11.7. The van der Waals surface area contributed by atoms with Crippen molar-refractivity contribution in [3.8, 4) is 11.6 Å². The van der Waals surface area contributed by atoms with Gasteiger partial charge >= 0.3 is 0 Å². The zero-order valence-corrected chi connectivity index (χ0v) is 10.5. The monoisotopic (exact) mass is 272 g/mol. The molecule has 2 heterocycles. The quantitative estimate of drug-likeness (QED) is 0.776. The van der Waals surface area contributed by atoms with E-state index < -0.39 is 0 Å². The number of pyridine rings is 1. The average Bonchev–Trinajstić information content (AvgIpc) is 2.42. The Kier molecular flexibility index (Phi) is 2.89. The maximum Gasteiger partial charge on any atom is 0.224 e. The summed E-state index contributed by atoms with van der Waals surface area (Å²) in [7, 11) is 0. The number of aromatic nitrogens is 3. The van der Waals surface area contributed by atoms with E-state index in [0.717, 1.165) is 5.39 Å². The molecule has 0 fully saturated rings. The van der Waals surface area contributed by atoms with Crippen molar-refractivity contribution in [1.29, 1.82) is 0 Å². The molecule has 0 saturated carbocycles. The Morgan fingerprint density at radius 2 is 2.00 bits per heavy atom. The van der Waals surface area contributed by atoms with Crippen LogP contribution in [0.2, 0.25) is 5.02 Å². The second kappa shape index (κ2) is 4.70. The molecule has 0 atom stereocenters. The number of halogens is 1. The Labute approximate surface area is 114 Å². The first-order valence-electron chi connectivity index (χ1n) is 5.52. The van der Waals surface area contributed by atoms with Crippen molar-refractivity contribution in [2.75, 3.05) is 5.73 Å². The number of ether oxygens (including phenoxy) is 1. The lowest BCUT2D eigenvalue weighted by atomic mass is 10.2. The van der Waals surface area contributed by atoms with Crippen LogP contribution in [0.25, 0.3) is 10.9 Å². The number of rotatable bonds is 2. The van der Waals surface area contributed by atoms with E-state index in [1.165, 1.54) is 6.33 Å². The number of nitrogen functional groups attached to an aromatic ring is 1. The lowest BCUT2D eigenvalue weighted by Crippen LogP contribution is -1.94. The molecule has 0 saturated heterocycles. The van der Waals surface area contributed by atoms with Crippen LogP contribution in [0, 0.1) is 0 Å². The molecular formula is C13H9ClN4O. The van der Waals surface area contributed by atoms with Crippen LogP contribution < -0.4 is 10.5 Å². The van der Waals surface area contributed by atoms with E-state index in [2.05, 4.69) is 15.0 Å². The minimum absolute atomic E-state index is 0.344. The van der Waals surface area contributed by atoms with Gasteiger partial charge in [-0.3, -0.25) is 4.98 Å². The fourth-order valence-electron chi connectivity index (χ4n) is 1.72. The van der Waals surface area contributed by atoms with E-state index in [1.54, 1.807) is 24.4 Å². The minimum Gasteiger partial charge on any atom is -0.437 e. The molecule has 0 bridgehead atoms. The predicted octanol–water partition coefficient (Wildman–Crippen LogP) is 3.05. The molecule has 5 nitrogen and oxygen atoms in total. The van der Waals surface area contributed by atoms with E-state index in [-0.39, 0.29) is 0 Å². The molecule has 1 aromatic carbocycles. The number of anilines is 1. The molecule has 0 spiro atoms. The zero-order valence-electron chi connectivity index (χ0n) is 9.75. The molecule has 0 unspecified atom stereocenters. The summed E-state index contributed by atoms with van der Waals surface area (Å²) in [6.45, 7) is 0. The SMILES string of the molecule is Nc1cc(Oc2ccc(Cl)c3cccnc23)ncn1. The molecule has 3 rings (SSSR count). The van der Waals surface area contributed by atoms with Crippen LogP contribution in [0.3, 0.4) is 0 Å². The van der Waals surface area contributed by atoms with Crippen molar-refractivity contribution >= 4 is 28.3 Å². The largest absolute Gasteiger partial charge is 0.437 e. The molecule has 94 valence electrons. The Morgan fingerprint density at radius 1 is 1.11 bits per heavy atom. The van der Waals surface area contributed by atoms with Crippen LogP contribution in [-0.2, 0) is 0 Å². The first-order chi connectivity index (χ1) is 9.24. The van der Waals surface area contributed by atoms with Crippen molar-refractivity contribution in [3.63, 3.8) is 0 Å². The van der Waals surface area contributed by atoms with Gasteiger partial charge in [-0.25, -0.2) is 9.97 Å². The van der Waals surface area contributed by atoms with Gasteiger partial charge in [-0.1, -0.05) is 11.6 Å². The number of fused-ring (bicyclic) bond motifs is 1. The van der Waals surface area contributed by atoms with Crippen molar-refractivity contribution in [2.45, 2.75) is 0 Å². The number of hydrogen-bond donors (Lipinski definition) is 1. The molecule has 2 aromatic heterocycles. The highest BCUT2D eigenvalue weighted by molar-refractivity contribution is 6.35. The van der Waals surface area contributed by atoms with E-state index in [4.69, 9.17) is 22.1 Å². The molecule has 0 aliphatic rings. The summed E-state index contributed by atoms with van der Waals surface area (Å²) in [6, 6.07) is 8.75. The smallest absolute Gasteiger partial charge is 0.224 e. The summed E-state index contributed by atoms with van der Waals surface area (Å²) in [5.74, 6) is 1.27. The van der Waals surface area contributed by atoms with Crippen molar-refractivity contribution in [3.05, 3.63) is 47.9 Å². The molecule has 19 heavy (non-hydrogen) atoms. The molecular weight excluding hydrogens is 264 g/mol. The molecule has 0 amide bonds. The number of nitrogens with zero attached hydrogens (tertiary/aromatic N) is 3. The normalized spacial score (nSPS) is 10.6. The molecule has 0 radical (unpaired) electrons. The van der Waals surface area contributed by atoms with Gasteiger partial charge in [0, 0.05) is 17.6 Å². The lowest BCUT2D eigenvalue weighted by molar-refractivity contribution is 0.466.